The first-order valence-electron chi connectivity index (χ1n) is 6.60. The van der Waals surface area contributed by atoms with Crippen LogP contribution in [0.1, 0.15) is 32.1 Å². The average Bonchev–Trinajstić information content (AvgIpc) is 2.38. The van der Waals surface area contributed by atoms with E-state index in [1.54, 1.807) is 24.3 Å². The molecule has 1 aromatic carbocycles. The van der Waals surface area contributed by atoms with E-state index in [9.17, 15) is 9.90 Å². The monoisotopic (exact) mass is 282 g/mol. The number of urea groups is 1. The fourth-order valence-corrected chi connectivity index (χ4v) is 2.56. The van der Waals surface area contributed by atoms with Gasteiger partial charge in [0.2, 0.25) is 0 Å². The fourth-order valence-electron chi connectivity index (χ4n) is 2.37. The van der Waals surface area contributed by atoms with Crippen molar-refractivity contribution in [2.45, 2.75) is 37.7 Å². The van der Waals surface area contributed by atoms with Gasteiger partial charge < -0.3 is 15.7 Å². The summed E-state index contributed by atoms with van der Waals surface area (Å²) in [5, 5.41) is 16.3. The zero-order valence-electron chi connectivity index (χ0n) is 10.8. The summed E-state index contributed by atoms with van der Waals surface area (Å²) in [6.07, 6.45) is 4.72. The van der Waals surface area contributed by atoms with E-state index in [0.29, 0.717) is 17.3 Å². The normalized spacial score (nSPS) is 17.8. The molecule has 0 spiro atoms. The summed E-state index contributed by atoms with van der Waals surface area (Å²) in [4.78, 5) is 11.7. The molecular formula is C14H19ClN2O2. The number of carbonyl (C=O) groups is 1. The lowest BCUT2D eigenvalue weighted by atomic mass is 9.85. The molecule has 1 aliphatic rings. The van der Waals surface area contributed by atoms with Crippen LogP contribution < -0.4 is 10.6 Å². The van der Waals surface area contributed by atoms with E-state index in [4.69, 9.17) is 11.6 Å². The Hall–Kier alpha value is -1.26. The van der Waals surface area contributed by atoms with Gasteiger partial charge in [-0.15, -0.1) is 0 Å². The van der Waals surface area contributed by atoms with Gasteiger partial charge in [0.25, 0.3) is 0 Å². The molecule has 0 bridgehead atoms. The first-order chi connectivity index (χ1) is 9.07. The number of aliphatic hydroxyl groups is 1. The summed E-state index contributed by atoms with van der Waals surface area (Å²) in [7, 11) is 0. The highest BCUT2D eigenvalue weighted by Gasteiger charge is 2.29. The van der Waals surface area contributed by atoms with Crippen LogP contribution >= 0.6 is 11.6 Å². The number of rotatable bonds is 3. The quantitative estimate of drug-likeness (QED) is 0.797. The van der Waals surface area contributed by atoms with E-state index >= 15 is 0 Å². The first kappa shape index (κ1) is 14.2. The van der Waals surface area contributed by atoms with Crippen molar-refractivity contribution < 1.29 is 9.90 Å². The summed E-state index contributed by atoms with van der Waals surface area (Å²) in [6.45, 7) is 0.291. The van der Waals surface area contributed by atoms with Crippen LogP contribution in [0.4, 0.5) is 10.5 Å². The SMILES string of the molecule is O=C(NCC1(O)CCCCC1)Nc1cccc(Cl)c1. The second kappa shape index (κ2) is 6.26. The molecular weight excluding hydrogens is 264 g/mol. The third-order valence-corrected chi connectivity index (χ3v) is 3.68. The second-order valence-corrected chi connectivity index (χ2v) is 5.54. The average molecular weight is 283 g/mol. The molecule has 1 aliphatic carbocycles. The Balaban J connectivity index is 1.81. The van der Waals surface area contributed by atoms with Crippen molar-refractivity contribution in [2.24, 2.45) is 0 Å². The van der Waals surface area contributed by atoms with Gasteiger partial charge in [-0.3, -0.25) is 0 Å². The third kappa shape index (κ3) is 4.40. The molecule has 1 saturated carbocycles. The van der Waals surface area contributed by atoms with Crippen LogP contribution in [0.25, 0.3) is 0 Å². The molecule has 0 radical (unpaired) electrons. The van der Waals surface area contributed by atoms with Crippen molar-refractivity contribution in [1.82, 2.24) is 5.32 Å². The standard InChI is InChI=1S/C14H19ClN2O2/c15-11-5-4-6-12(9-11)17-13(18)16-10-14(19)7-2-1-3-8-14/h4-6,9,19H,1-3,7-8,10H2,(H2,16,17,18). The van der Waals surface area contributed by atoms with Crippen molar-refractivity contribution >= 4 is 23.3 Å². The van der Waals surface area contributed by atoms with Crippen molar-refractivity contribution in [3.05, 3.63) is 29.3 Å². The van der Waals surface area contributed by atoms with Crippen LogP contribution in [0.3, 0.4) is 0 Å². The Labute approximate surface area is 118 Å². The Morgan fingerprint density at radius 2 is 2.05 bits per heavy atom. The lowest BCUT2D eigenvalue weighted by molar-refractivity contribution is 0.00755. The summed E-state index contributed by atoms with van der Waals surface area (Å²) in [6, 6.07) is 6.64. The molecule has 0 atom stereocenters. The molecule has 104 valence electrons. The summed E-state index contributed by atoms with van der Waals surface area (Å²) >= 11 is 5.84. The molecule has 4 nitrogen and oxygen atoms in total. The summed E-state index contributed by atoms with van der Waals surface area (Å²) < 4.78 is 0. The Morgan fingerprint density at radius 1 is 1.32 bits per heavy atom. The van der Waals surface area contributed by atoms with E-state index < -0.39 is 5.60 Å². The van der Waals surface area contributed by atoms with Gasteiger partial charge in [0, 0.05) is 17.3 Å². The highest BCUT2D eigenvalue weighted by atomic mass is 35.5. The smallest absolute Gasteiger partial charge is 0.319 e. The minimum absolute atomic E-state index is 0.291. The van der Waals surface area contributed by atoms with Crippen LogP contribution in [0, 0.1) is 0 Å². The molecule has 19 heavy (non-hydrogen) atoms. The number of halogens is 1. The van der Waals surface area contributed by atoms with Gasteiger partial charge in [-0.1, -0.05) is 36.9 Å². The minimum atomic E-state index is -0.746. The lowest BCUT2D eigenvalue weighted by Gasteiger charge is -2.32. The zero-order chi connectivity index (χ0) is 13.7. The summed E-state index contributed by atoms with van der Waals surface area (Å²) in [5.41, 5.74) is -0.107. The predicted octanol–water partition coefficient (Wildman–Crippen LogP) is 3.16. The fraction of sp³-hybridized carbons (Fsp3) is 0.500. The highest BCUT2D eigenvalue weighted by molar-refractivity contribution is 6.30. The van der Waals surface area contributed by atoms with Gasteiger partial charge >= 0.3 is 6.03 Å². The number of hydrogen-bond donors (Lipinski definition) is 3. The van der Waals surface area contributed by atoms with Gasteiger partial charge in [0.15, 0.2) is 0 Å². The predicted molar refractivity (Wildman–Crippen MR) is 76.5 cm³/mol. The highest BCUT2D eigenvalue weighted by Crippen LogP contribution is 2.27. The maximum atomic E-state index is 11.7. The largest absolute Gasteiger partial charge is 0.388 e. The molecule has 0 heterocycles. The topological polar surface area (TPSA) is 61.4 Å². The molecule has 0 aliphatic heterocycles. The van der Waals surface area contributed by atoms with E-state index in [-0.39, 0.29) is 6.03 Å². The molecule has 3 N–H and O–H groups in total. The van der Waals surface area contributed by atoms with Gasteiger partial charge in [-0.05, 0) is 31.0 Å². The molecule has 1 fully saturated rings. The number of nitrogens with one attached hydrogen (secondary N) is 2. The van der Waals surface area contributed by atoms with Crippen LogP contribution in [-0.4, -0.2) is 23.3 Å². The lowest BCUT2D eigenvalue weighted by Crippen LogP contribution is -2.45. The van der Waals surface area contributed by atoms with E-state index in [2.05, 4.69) is 10.6 Å². The molecule has 0 unspecified atom stereocenters. The Kier molecular flexibility index (Phi) is 4.66. The molecule has 2 rings (SSSR count). The zero-order valence-corrected chi connectivity index (χ0v) is 11.5. The van der Waals surface area contributed by atoms with Crippen molar-refractivity contribution in [3.8, 4) is 0 Å². The third-order valence-electron chi connectivity index (χ3n) is 3.44. The van der Waals surface area contributed by atoms with Crippen molar-refractivity contribution in [2.75, 3.05) is 11.9 Å². The maximum absolute atomic E-state index is 11.7. The van der Waals surface area contributed by atoms with E-state index in [1.807, 2.05) is 0 Å². The van der Waals surface area contributed by atoms with Gasteiger partial charge in [-0.2, -0.15) is 0 Å². The van der Waals surface area contributed by atoms with Crippen LogP contribution in [-0.2, 0) is 0 Å². The van der Waals surface area contributed by atoms with Crippen LogP contribution in [0.15, 0.2) is 24.3 Å². The molecule has 0 saturated heterocycles. The van der Waals surface area contributed by atoms with Crippen LogP contribution in [0.5, 0.6) is 0 Å². The second-order valence-electron chi connectivity index (χ2n) is 5.10. The number of anilines is 1. The number of hydrogen-bond acceptors (Lipinski definition) is 2. The molecule has 1 aromatic rings. The van der Waals surface area contributed by atoms with Gasteiger partial charge in [-0.25, -0.2) is 4.79 Å². The van der Waals surface area contributed by atoms with Crippen molar-refractivity contribution in [1.29, 1.82) is 0 Å². The first-order valence-corrected chi connectivity index (χ1v) is 6.98. The Bertz CT molecular complexity index is 445. The van der Waals surface area contributed by atoms with Gasteiger partial charge in [0.05, 0.1) is 5.60 Å². The molecule has 0 aromatic heterocycles. The number of amides is 2. The van der Waals surface area contributed by atoms with Crippen molar-refractivity contribution in [3.63, 3.8) is 0 Å². The maximum Gasteiger partial charge on any atom is 0.319 e. The molecule has 5 heteroatoms. The number of benzene rings is 1. The van der Waals surface area contributed by atoms with Crippen LogP contribution in [0.2, 0.25) is 5.02 Å². The van der Waals surface area contributed by atoms with E-state index in [1.165, 1.54) is 0 Å². The van der Waals surface area contributed by atoms with Gasteiger partial charge in [0.1, 0.15) is 0 Å². The summed E-state index contributed by atoms with van der Waals surface area (Å²) in [5.74, 6) is 0. The van der Waals surface area contributed by atoms with E-state index in [0.717, 1.165) is 32.1 Å². The molecule has 2 amide bonds. The number of carbonyl (C=O) groups excluding carboxylic acids is 1. The minimum Gasteiger partial charge on any atom is -0.388 e. The Morgan fingerprint density at radius 3 is 2.74 bits per heavy atom.